The predicted molar refractivity (Wildman–Crippen MR) is 163 cm³/mol. The van der Waals surface area contributed by atoms with Gasteiger partial charge in [-0.15, -0.1) is 0 Å². The van der Waals surface area contributed by atoms with Gasteiger partial charge in [0.25, 0.3) is 0 Å². The van der Waals surface area contributed by atoms with E-state index < -0.39 is 11.6 Å². The first-order valence-corrected chi connectivity index (χ1v) is 13.6. The fraction of sp³-hybridized carbons (Fsp3) is 0.242. The minimum Gasteiger partial charge on any atom is -0.340 e. The number of fused-ring (bicyclic) bond motifs is 1. The molecule has 7 nitrogen and oxygen atoms in total. The predicted octanol–water partition coefficient (Wildman–Crippen LogP) is 5.82. The summed E-state index contributed by atoms with van der Waals surface area (Å²) in [7, 11) is 2.12. The van der Waals surface area contributed by atoms with Gasteiger partial charge in [-0.1, -0.05) is 30.6 Å². The summed E-state index contributed by atoms with van der Waals surface area (Å²) in [6.45, 7) is 11.6. The first kappa shape index (κ1) is 28.9. The van der Waals surface area contributed by atoms with Gasteiger partial charge in [0.2, 0.25) is 5.91 Å². The fourth-order valence-corrected chi connectivity index (χ4v) is 4.88. The maximum Gasteiger partial charge on any atom is 0.247 e. The summed E-state index contributed by atoms with van der Waals surface area (Å²) in [5.74, 6) is 5.54. The van der Waals surface area contributed by atoms with E-state index in [1.807, 2.05) is 12.1 Å². The molecular weight excluding hydrogens is 534 g/mol. The summed E-state index contributed by atoms with van der Waals surface area (Å²) in [6.07, 6.45) is 2.65. The number of hydrogen-bond acceptors (Lipinski definition) is 6. The number of nitrogens with zero attached hydrogens (tertiary/aromatic N) is 4. The molecule has 3 aromatic carbocycles. The van der Waals surface area contributed by atoms with Gasteiger partial charge in [0.15, 0.2) is 0 Å². The lowest BCUT2D eigenvalue weighted by molar-refractivity contribution is -0.111. The number of likely N-dealkylation sites (N-methyl/N-ethyl adjacent to an activating group) is 1. The summed E-state index contributed by atoms with van der Waals surface area (Å²) < 4.78 is 27.9. The van der Waals surface area contributed by atoms with Crippen LogP contribution in [0.5, 0.6) is 0 Å². The number of carbonyl (C=O) groups excluding carboxylic acids is 1. The quantitative estimate of drug-likeness (QED) is 0.226. The molecular formula is C33H32F2N6O. The number of piperazine rings is 1. The molecule has 4 aromatic rings. The molecule has 1 aromatic heterocycles. The zero-order chi connectivity index (χ0) is 29.9. The monoisotopic (exact) mass is 566 g/mol. The lowest BCUT2D eigenvalue weighted by atomic mass is 10.0. The van der Waals surface area contributed by atoms with Gasteiger partial charge >= 0.3 is 0 Å². The number of benzene rings is 3. The Bertz CT molecular complexity index is 1720. The lowest BCUT2D eigenvalue weighted by Crippen LogP contribution is -2.53. The molecule has 0 saturated carbocycles. The van der Waals surface area contributed by atoms with E-state index in [0.29, 0.717) is 39.2 Å². The first-order valence-electron chi connectivity index (χ1n) is 13.6. The second-order valence-corrected chi connectivity index (χ2v) is 10.8. The standard InChI is InChI=1S/C33H32F2N6O/c1-5-31(42)39-29-20-27-30(18-23(29)11-12-33(2,3)41-15-13-40(4)14-16-41)36-21-37-32(27)38-25-8-6-7-22(17-25)26-10-9-24(34)19-28(26)35/h5-10,17-21H,1,13-16H2,2-4H3,(H,39,42)(H,36,37,38). The summed E-state index contributed by atoms with van der Waals surface area (Å²) in [5.41, 5.74) is 2.90. The molecule has 1 aliphatic heterocycles. The molecule has 42 heavy (non-hydrogen) atoms. The topological polar surface area (TPSA) is 73.4 Å². The summed E-state index contributed by atoms with van der Waals surface area (Å²) in [5, 5.41) is 6.80. The van der Waals surface area contributed by atoms with Crippen molar-refractivity contribution in [2.45, 2.75) is 19.4 Å². The molecule has 0 unspecified atom stereocenters. The van der Waals surface area contributed by atoms with Crippen LogP contribution in [0.3, 0.4) is 0 Å². The van der Waals surface area contributed by atoms with Crippen LogP contribution in [-0.4, -0.2) is 64.4 Å². The number of carbonyl (C=O) groups is 1. The van der Waals surface area contributed by atoms with Gasteiger partial charge < -0.3 is 15.5 Å². The minimum atomic E-state index is -0.647. The van der Waals surface area contributed by atoms with Gasteiger partial charge in [-0.2, -0.15) is 0 Å². The molecule has 1 amide bonds. The Morgan fingerprint density at radius 3 is 2.57 bits per heavy atom. The van der Waals surface area contributed by atoms with E-state index in [-0.39, 0.29) is 17.0 Å². The summed E-state index contributed by atoms with van der Waals surface area (Å²) in [4.78, 5) is 25.9. The van der Waals surface area contributed by atoms with Crippen molar-refractivity contribution in [3.8, 4) is 23.0 Å². The highest BCUT2D eigenvalue weighted by atomic mass is 19.1. The van der Waals surface area contributed by atoms with Crippen molar-refractivity contribution in [2.75, 3.05) is 43.9 Å². The van der Waals surface area contributed by atoms with Crippen LogP contribution in [0.15, 0.2) is 73.6 Å². The largest absolute Gasteiger partial charge is 0.340 e. The molecule has 2 heterocycles. The van der Waals surface area contributed by atoms with Gasteiger partial charge in [0, 0.05) is 48.9 Å². The van der Waals surface area contributed by atoms with Gasteiger partial charge in [0.1, 0.15) is 23.8 Å². The van der Waals surface area contributed by atoms with Crippen LogP contribution in [0.25, 0.3) is 22.0 Å². The second-order valence-electron chi connectivity index (χ2n) is 10.8. The van der Waals surface area contributed by atoms with Crippen LogP contribution >= 0.6 is 0 Å². The van der Waals surface area contributed by atoms with Crippen molar-refractivity contribution in [1.29, 1.82) is 0 Å². The van der Waals surface area contributed by atoms with E-state index in [2.05, 4.69) is 69.7 Å². The van der Waals surface area contributed by atoms with Crippen LogP contribution in [-0.2, 0) is 4.79 Å². The molecule has 0 aliphatic carbocycles. The second kappa shape index (κ2) is 12.1. The molecule has 5 rings (SSSR count). The zero-order valence-electron chi connectivity index (χ0n) is 23.8. The smallest absolute Gasteiger partial charge is 0.247 e. The number of halogens is 2. The molecule has 2 N–H and O–H groups in total. The minimum absolute atomic E-state index is 0.282. The average Bonchev–Trinajstić information content (AvgIpc) is 2.96. The third-order valence-electron chi connectivity index (χ3n) is 7.38. The van der Waals surface area contributed by atoms with E-state index in [1.54, 1.807) is 24.3 Å². The zero-order valence-corrected chi connectivity index (χ0v) is 23.8. The van der Waals surface area contributed by atoms with Crippen LogP contribution < -0.4 is 10.6 Å². The number of hydrogen-bond donors (Lipinski definition) is 2. The summed E-state index contributed by atoms with van der Waals surface area (Å²) >= 11 is 0. The Labute approximate surface area is 244 Å². The normalized spacial score (nSPS) is 14.2. The Balaban J connectivity index is 1.50. The maximum absolute atomic E-state index is 14.4. The third-order valence-corrected chi connectivity index (χ3v) is 7.38. The maximum atomic E-state index is 14.4. The number of anilines is 3. The van der Waals surface area contributed by atoms with E-state index in [0.717, 1.165) is 32.2 Å². The van der Waals surface area contributed by atoms with E-state index in [1.165, 1.54) is 24.5 Å². The third kappa shape index (κ3) is 6.46. The highest BCUT2D eigenvalue weighted by Crippen LogP contribution is 2.31. The van der Waals surface area contributed by atoms with Crippen molar-refractivity contribution in [3.05, 3.63) is 90.8 Å². The number of aromatic nitrogens is 2. The molecule has 1 saturated heterocycles. The van der Waals surface area contributed by atoms with Crippen molar-refractivity contribution >= 4 is 34.0 Å². The van der Waals surface area contributed by atoms with E-state index >= 15 is 0 Å². The first-order chi connectivity index (χ1) is 20.1. The molecule has 0 atom stereocenters. The van der Waals surface area contributed by atoms with Gasteiger partial charge in [0.05, 0.1) is 22.3 Å². The summed E-state index contributed by atoms with van der Waals surface area (Å²) in [6, 6.07) is 14.2. The fourth-order valence-electron chi connectivity index (χ4n) is 4.88. The van der Waals surface area contributed by atoms with Crippen LogP contribution in [0.4, 0.5) is 26.0 Å². The van der Waals surface area contributed by atoms with E-state index in [9.17, 15) is 13.6 Å². The Morgan fingerprint density at radius 1 is 1.05 bits per heavy atom. The van der Waals surface area contributed by atoms with Gasteiger partial charge in [-0.25, -0.2) is 18.7 Å². The molecule has 0 bridgehead atoms. The molecule has 1 aliphatic rings. The number of rotatable bonds is 6. The molecule has 214 valence electrons. The van der Waals surface area contributed by atoms with Crippen LogP contribution in [0.1, 0.15) is 19.4 Å². The molecule has 1 fully saturated rings. The Hall–Kier alpha value is -4.65. The van der Waals surface area contributed by atoms with Crippen LogP contribution in [0, 0.1) is 23.5 Å². The van der Waals surface area contributed by atoms with E-state index in [4.69, 9.17) is 0 Å². The Kier molecular flexibility index (Phi) is 8.29. The van der Waals surface area contributed by atoms with Crippen LogP contribution in [0.2, 0.25) is 0 Å². The Morgan fingerprint density at radius 2 is 1.83 bits per heavy atom. The molecule has 0 spiro atoms. The van der Waals surface area contributed by atoms with Crippen molar-refractivity contribution in [3.63, 3.8) is 0 Å². The van der Waals surface area contributed by atoms with Crippen molar-refractivity contribution in [2.24, 2.45) is 0 Å². The molecule has 9 heteroatoms. The van der Waals surface area contributed by atoms with Gasteiger partial charge in [-0.3, -0.25) is 9.69 Å². The average molecular weight is 567 g/mol. The van der Waals surface area contributed by atoms with Crippen molar-refractivity contribution < 1.29 is 13.6 Å². The SMILES string of the molecule is C=CC(=O)Nc1cc2c(Nc3cccc(-c4ccc(F)cc4F)c3)ncnc2cc1C#CC(C)(C)N1CCN(C)CC1. The lowest BCUT2D eigenvalue weighted by Gasteiger charge is -2.40. The van der Waals surface area contributed by atoms with Crippen molar-refractivity contribution in [1.82, 2.24) is 19.8 Å². The number of nitrogens with one attached hydrogen (secondary N) is 2. The number of amides is 1. The molecule has 0 radical (unpaired) electrons. The van der Waals surface area contributed by atoms with Gasteiger partial charge in [-0.05, 0) is 68.9 Å². The highest BCUT2D eigenvalue weighted by Gasteiger charge is 2.27. The highest BCUT2D eigenvalue weighted by molar-refractivity contribution is 6.03.